The van der Waals surface area contributed by atoms with Crippen molar-refractivity contribution in [2.24, 2.45) is 0 Å². The van der Waals surface area contributed by atoms with Crippen molar-refractivity contribution in [3.05, 3.63) is 70.1 Å². The molecule has 0 bridgehead atoms. The zero-order valence-electron chi connectivity index (χ0n) is 12.0. The number of hydrogen-bond donors (Lipinski definition) is 3. The highest BCUT2D eigenvalue weighted by molar-refractivity contribution is 6.05. The molecule has 6 heteroatoms. The van der Waals surface area contributed by atoms with Crippen molar-refractivity contribution in [1.82, 2.24) is 10.2 Å². The van der Waals surface area contributed by atoms with Crippen molar-refractivity contribution < 1.29 is 9.90 Å². The molecule has 0 unspecified atom stereocenters. The topological polar surface area (TPSA) is 95.1 Å². The molecule has 23 heavy (non-hydrogen) atoms. The van der Waals surface area contributed by atoms with Crippen molar-refractivity contribution in [3.63, 3.8) is 0 Å². The number of aliphatic hydroxyl groups is 1. The first-order valence-corrected chi connectivity index (χ1v) is 7.19. The van der Waals surface area contributed by atoms with Crippen LogP contribution >= 0.6 is 0 Å². The summed E-state index contributed by atoms with van der Waals surface area (Å²) in [6.07, 6.45) is -0.0207. The third kappa shape index (κ3) is 1.96. The van der Waals surface area contributed by atoms with E-state index in [1.165, 1.54) is 0 Å². The van der Waals surface area contributed by atoms with Crippen molar-refractivity contribution >= 4 is 22.4 Å². The molecular formula is C17H13N3O3. The Morgan fingerprint density at radius 3 is 2.52 bits per heavy atom. The van der Waals surface area contributed by atoms with Crippen LogP contribution in [0.25, 0.3) is 10.8 Å². The highest BCUT2D eigenvalue weighted by atomic mass is 16.3. The Labute approximate surface area is 130 Å². The van der Waals surface area contributed by atoms with Gasteiger partial charge in [-0.25, -0.2) is 5.10 Å². The van der Waals surface area contributed by atoms with Crippen molar-refractivity contribution in [3.8, 4) is 0 Å². The second-order valence-corrected chi connectivity index (χ2v) is 5.58. The number of amides is 1. The summed E-state index contributed by atoms with van der Waals surface area (Å²) in [5.74, 6) is -0.490. The molecule has 6 nitrogen and oxygen atoms in total. The molecule has 0 radical (unpaired) electrons. The first kappa shape index (κ1) is 13.7. The predicted octanol–water partition coefficient (Wildman–Crippen LogP) is 1.31. The van der Waals surface area contributed by atoms with Crippen molar-refractivity contribution in [2.75, 3.05) is 5.32 Å². The average molecular weight is 307 g/mol. The number of nitrogens with one attached hydrogen (secondary N) is 2. The van der Waals surface area contributed by atoms with E-state index in [9.17, 15) is 14.7 Å². The largest absolute Gasteiger partial charge is 0.375 e. The highest BCUT2D eigenvalue weighted by Gasteiger charge is 2.45. The summed E-state index contributed by atoms with van der Waals surface area (Å²) in [5.41, 5.74) is -0.428. The van der Waals surface area contributed by atoms with Gasteiger partial charge in [-0.1, -0.05) is 36.4 Å². The zero-order chi connectivity index (χ0) is 16.0. The molecule has 114 valence electrons. The summed E-state index contributed by atoms with van der Waals surface area (Å²) in [7, 11) is 0. The van der Waals surface area contributed by atoms with E-state index in [0.717, 1.165) is 0 Å². The normalized spacial score (nSPS) is 19.6. The zero-order valence-corrected chi connectivity index (χ0v) is 12.0. The quantitative estimate of drug-likeness (QED) is 0.665. The second kappa shape index (κ2) is 4.76. The summed E-state index contributed by atoms with van der Waals surface area (Å²) < 4.78 is 0. The number of rotatable bonds is 2. The first-order chi connectivity index (χ1) is 11.1. The van der Waals surface area contributed by atoms with Crippen LogP contribution in [0, 0.1) is 0 Å². The lowest BCUT2D eigenvalue weighted by molar-refractivity contribution is -0.133. The summed E-state index contributed by atoms with van der Waals surface area (Å²) in [6, 6.07) is 14.0. The summed E-state index contributed by atoms with van der Waals surface area (Å²) >= 11 is 0. The van der Waals surface area contributed by atoms with Gasteiger partial charge in [0.05, 0.1) is 11.1 Å². The molecule has 1 aliphatic heterocycles. The fourth-order valence-corrected chi connectivity index (χ4v) is 3.02. The van der Waals surface area contributed by atoms with Crippen LogP contribution in [0.5, 0.6) is 0 Å². The van der Waals surface area contributed by atoms with E-state index in [2.05, 4.69) is 15.5 Å². The number of para-hydroxylation sites is 1. The summed E-state index contributed by atoms with van der Waals surface area (Å²) in [5, 5.41) is 21.2. The van der Waals surface area contributed by atoms with Gasteiger partial charge in [-0.2, -0.15) is 5.10 Å². The maximum Gasteiger partial charge on any atom is 0.272 e. The standard InChI is InChI=1S/C17H13N3O3/c21-15-11-6-2-1-5-10(11)14(19-20-15)9-17(23)12-7-3-4-8-13(12)18-16(17)22/h1-8,23H,9H2,(H,18,22)(H,20,21)/t17-/m1/s1. The molecule has 1 atom stereocenters. The van der Waals surface area contributed by atoms with E-state index in [0.29, 0.717) is 27.7 Å². The van der Waals surface area contributed by atoms with Gasteiger partial charge in [0.1, 0.15) is 0 Å². The molecule has 0 fully saturated rings. The maximum atomic E-state index is 12.3. The third-order valence-electron chi connectivity index (χ3n) is 4.19. The molecule has 0 saturated carbocycles. The lowest BCUT2D eigenvalue weighted by Crippen LogP contribution is -2.37. The highest BCUT2D eigenvalue weighted by Crippen LogP contribution is 2.38. The number of nitrogens with zero attached hydrogens (tertiary/aromatic N) is 1. The van der Waals surface area contributed by atoms with Crippen LogP contribution in [0.1, 0.15) is 11.3 Å². The molecule has 1 aromatic heterocycles. The number of aromatic amines is 1. The van der Waals surface area contributed by atoms with Crippen LogP contribution in [0.4, 0.5) is 5.69 Å². The van der Waals surface area contributed by atoms with Crippen LogP contribution in [-0.4, -0.2) is 21.2 Å². The van der Waals surface area contributed by atoms with Crippen LogP contribution in [-0.2, 0) is 16.8 Å². The van der Waals surface area contributed by atoms with Gasteiger partial charge in [-0.05, 0) is 12.1 Å². The van der Waals surface area contributed by atoms with Crippen LogP contribution in [0.2, 0.25) is 0 Å². The van der Waals surface area contributed by atoms with Crippen LogP contribution in [0.15, 0.2) is 53.3 Å². The molecule has 0 spiro atoms. The molecule has 1 amide bonds. The predicted molar refractivity (Wildman–Crippen MR) is 85.0 cm³/mol. The molecule has 3 aromatic rings. The smallest absolute Gasteiger partial charge is 0.272 e. The van der Waals surface area contributed by atoms with Gasteiger partial charge in [-0.15, -0.1) is 0 Å². The third-order valence-corrected chi connectivity index (χ3v) is 4.19. The van der Waals surface area contributed by atoms with Gasteiger partial charge >= 0.3 is 0 Å². The number of benzene rings is 2. The molecule has 3 N–H and O–H groups in total. The number of anilines is 1. The maximum absolute atomic E-state index is 12.3. The lowest BCUT2D eigenvalue weighted by atomic mass is 9.89. The minimum atomic E-state index is -1.70. The Hall–Kier alpha value is -2.99. The number of hydrogen-bond acceptors (Lipinski definition) is 4. The Bertz CT molecular complexity index is 996. The number of fused-ring (bicyclic) bond motifs is 2. The fraction of sp³-hybridized carbons (Fsp3) is 0.118. The number of carbonyl (C=O) groups excluding carboxylic acids is 1. The van der Waals surface area contributed by atoms with E-state index < -0.39 is 11.5 Å². The first-order valence-electron chi connectivity index (χ1n) is 7.19. The SMILES string of the molecule is O=C1Nc2ccccc2[C@]1(O)Cc1n[nH]c(=O)c2ccccc12. The molecule has 0 aliphatic carbocycles. The molecule has 0 saturated heterocycles. The van der Waals surface area contributed by atoms with Crippen LogP contribution in [0.3, 0.4) is 0 Å². The van der Waals surface area contributed by atoms with E-state index in [-0.39, 0.29) is 12.0 Å². The molecule has 4 rings (SSSR count). The molecular weight excluding hydrogens is 294 g/mol. The van der Waals surface area contributed by atoms with Gasteiger partial charge in [0.25, 0.3) is 11.5 Å². The average Bonchev–Trinajstić information content (AvgIpc) is 2.82. The number of aromatic nitrogens is 2. The van der Waals surface area contributed by atoms with E-state index in [1.807, 2.05) is 0 Å². The minimum Gasteiger partial charge on any atom is -0.375 e. The lowest BCUT2D eigenvalue weighted by Gasteiger charge is -2.20. The van der Waals surface area contributed by atoms with E-state index in [4.69, 9.17) is 0 Å². The fourth-order valence-electron chi connectivity index (χ4n) is 3.02. The summed E-state index contributed by atoms with van der Waals surface area (Å²) in [4.78, 5) is 24.2. The van der Waals surface area contributed by atoms with Gasteiger partial charge in [-0.3, -0.25) is 9.59 Å². The van der Waals surface area contributed by atoms with Crippen LogP contribution < -0.4 is 10.9 Å². The Morgan fingerprint density at radius 1 is 1.00 bits per heavy atom. The number of carbonyl (C=O) groups is 1. The monoisotopic (exact) mass is 307 g/mol. The minimum absolute atomic E-state index is 0.0207. The summed E-state index contributed by atoms with van der Waals surface area (Å²) in [6.45, 7) is 0. The van der Waals surface area contributed by atoms with E-state index in [1.54, 1.807) is 48.5 Å². The van der Waals surface area contributed by atoms with Gasteiger partial charge in [0.15, 0.2) is 5.60 Å². The van der Waals surface area contributed by atoms with Crippen molar-refractivity contribution in [2.45, 2.75) is 12.0 Å². The molecule has 2 aromatic carbocycles. The number of H-pyrrole nitrogens is 1. The Kier molecular flexibility index (Phi) is 2.82. The van der Waals surface area contributed by atoms with Gasteiger partial charge in [0, 0.05) is 23.1 Å². The van der Waals surface area contributed by atoms with Gasteiger partial charge in [0.2, 0.25) is 0 Å². The van der Waals surface area contributed by atoms with E-state index >= 15 is 0 Å². The second-order valence-electron chi connectivity index (χ2n) is 5.58. The Morgan fingerprint density at radius 2 is 1.70 bits per heavy atom. The Balaban J connectivity index is 1.87. The molecule has 1 aliphatic rings. The molecule has 2 heterocycles. The van der Waals surface area contributed by atoms with Crippen molar-refractivity contribution in [1.29, 1.82) is 0 Å². The van der Waals surface area contributed by atoms with Gasteiger partial charge < -0.3 is 10.4 Å².